The SMILES string of the molecule is CCCCCCCCCCCC(=NO)c1cc(C)cc(Br)c1O. The second-order valence-corrected chi connectivity index (χ2v) is 7.12. The molecule has 0 aliphatic rings. The molecule has 0 saturated carbocycles. The largest absolute Gasteiger partial charge is 0.506 e. The van der Waals surface area contributed by atoms with Crippen LogP contribution in [0.15, 0.2) is 21.8 Å². The summed E-state index contributed by atoms with van der Waals surface area (Å²) in [5.41, 5.74) is 2.21. The molecule has 0 bridgehead atoms. The maximum absolute atomic E-state index is 10.1. The topological polar surface area (TPSA) is 52.8 Å². The molecule has 0 amide bonds. The average Bonchev–Trinajstić information content (AvgIpc) is 2.53. The first kappa shape index (κ1) is 20.0. The van der Waals surface area contributed by atoms with Crippen molar-refractivity contribution in [2.75, 3.05) is 0 Å². The first-order valence-electron chi connectivity index (χ1n) is 8.80. The highest BCUT2D eigenvalue weighted by Gasteiger charge is 2.13. The summed E-state index contributed by atoms with van der Waals surface area (Å²) in [5, 5.41) is 22.8. The van der Waals surface area contributed by atoms with Crippen LogP contribution in [0.3, 0.4) is 0 Å². The number of aromatic hydroxyl groups is 1. The van der Waals surface area contributed by atoms with Gasteiger partial charge in [-0.15, -0.1) is 0 Å². The molecule has 0 aliphatic heterocycles. The third kappa shape index (κ3) is 7.38. The minimum Gasteiger partial charge on any atom is -0.506 e. The lowest BCUT2D eigenvalue weighted by molar-refractivity contribution is 0.317. The van der Waals surface area contributed by atoms with Gasteiger partial charge >= 0.3 is 0 Å². The van der Waals surface area contributed by atoms with Crippen LogP contribution in [0, 0.1) is 6.92 Å². The fourth-order valence-electron chi connectivity index (χ4n) is 2.80. The Hall–Kier alpha value is -1.03. The fourth-order valence-corrected chi connectivity index (χ4v) is 3.37. The molecular weight excluding hydrogens is 354 g/mol. The first-order chi connectivity index (χ1) is 11.1. The summed E-state index contributed by atoms with van der Waals surface area (Å²) in [4.78, 5) is 0. The predicted molar refractivity (Wildman–Crippen MR) is 101 cm³/mol. The number of hydrogen-bond acceptors (Lipinski definition) is 3. The van der Waals surface area contributed by atoms with E-state index in [4.69, 9.17) is 0 Å². The van der Waals surface area contributed by atoms with E-state index in [9.17, 15) is 10.3 Å². The Morgan fingerprint density at radius 1 is 1.00 bits per heavy atom. The standard InChI is InChI=1S/C19H30BrNO2/c1-3-4-5-6-7-8-9-10-11-12-18(21-23)16-13-15(2)14-17(20)19(16)22/h13-14,22-23H,3-12H2,1-2H3. The van der Waals surface area contributed by atoms with Crippen molar-refractivity contribution in [3.63, 3.8) is 0 Å². The summed E-state index contributed by atoms with van der Waals surface area (Å²) in [5.74, 6) is 0.152. The summed E-state index contributed by atoms with van der Waals surface area (Å²) in [6.07, 6.45) is 12.0. The van der Waals surface area contributed by atoms with Gasteiger partial charge < -0.3 is 10.3 Å². The number of unbranched alkanes of at least 4 members (excludes halogenated alkanes) is 8. The van der Waals surface area contributed by atoms with Crippen LogP contribution in [-0.2, 0) is 0 Å². The molecule has 0 heterocycles. The maximum atomic E-state index is 10.1. The lowest BCUT2D eigenvalue weighted by Crippen LogP contribution is -2.03. The van der Waals surface area contributed by atoms with E-state index in [0.717, 1.165) is 18.4 Å². The van der Waals surface area contributed by atoms with Gasteiger partial charge in [-0.25, -0.2) is 0 Å². The van der Waals surface area contributed by atoms with Gasteiger partial charge in [0.25, 0.3) is 0 Å². The summed E-state index contributed by atoms with van der Waals surface area (Å²) in [6, 6.07) is 3.72. The number of aryl methyl sites for hydroxylation is 1. The van der Waals surface area contributed by atoms with Gasteiger partial charge in [-0.2, -0.15) is 0 Å². The van der Waals surface area contributed by atoms with Gasteiger partial charge in [0.15, 0.2) is 0 Å². The van der Waals surface area contributed by atoms with Gasteiger partial charge in [-0.3, -0.25) is 0 Å². The minimum atomic E-state index is 0.152. The second-order valence-electron chi connectivity index (χ2n) is 6.27. The Labute approximate surface area is 148 Å². The summed E-state index contributed by atoms with van der Waals surface area (Å²) in [7, 11) is 0. The summed E-state index contributed by atoms with van der Waals surface area (Å²) in [6.45, 7) is 4.20. The number of rotatable bonds is 11. The highest BCUT2D eigenvalue weighted by Crippen LogP contribution is 2.30. The first-order valence-corrected chi connectivity index (χ1v) is 9.59. The van der Waals surface area contributed by atoms with Crippen molar-refractivity contribution in [3.8, 4) is 5.75 Å². The van der Waals surface area contributed by atoms with Gasteiger partial charge in [0.1, 0.15) is 5.75 Å². The van der Waals surface area contributed by atoms with E-state index >= 15 is 0 Å². The fraction of sp³-hybridized carbons (Fsp3) is 0.632. The zero-order valence-corrected chi connectivity index (χ0v) is 16.0. The smallest absolute Gasteiger partial charge is 0.138 e. The van der Waals surface area contributed by atoms with Gasteiger partial charge in [0, 0.05) is 5.56 Å². The zero-order chi connectivity index (χ0) is 17.1. The normalized spacial score (nSPS) is 11.9. The van der Waals surface area contributed by atoms with Crippen molar-refractivity contribution < 1.29 is 10.3 Å². The van der Waals surface area contributed by atoms with Crippen molar-refractivity contribution in [1.29, 1.82) is 0 Å². The number of halogens is 1. The zero-order valence-electron chi connectivity index (χ0n) is 14.4. The Balaban J connectivity index is 2.33. The number of nitrogens with zero attached hydrogens (tertiary/aromatic N) is 1. The van der Waals surface area contributed by atoms with Crippen LogP contribution in [0.2, 0.25) is 0 Å². The van der Waals surface area contributed by atoms with Gasteiger partial charge in [0.05, 0.1) is 10.2 Å². The summed E-state index contributed by atoms with van der Waals surface area (Å²) < 4.78 is 0.640. The number of oxime groups is 1. The number of hydrogen-bond donors (Lipinski definition) is 2. The molecule has 0 radical (unpaired) electrons. The van der Waals surface area contributed by atoms with Gasteiger partial charge in [-0.1, -0.05) is 63.4 Å². The Kier molecular flexibility index (Phi) is 10.0. The van der Waals surface area contributed by atoms with E-state index in [1.54, 1.807) is 0 Å². The van der Waals surface area contributed by atoms with Crippen molar-refractivity contribution in [2.45, 2.75) is 78.1 Å². The van der Waals surface area contributed by atoms with E-state index in [2.05, 4.69) is 28.0 Å². The third-order valence-electron chi connectivity index (χ3n) is 4.16. The molecule has 4 heteroatoms. The van der Waals surface area contributed by atoms with E-state index in [1.165, 1.54) is 44.9 Å². The monoisotopic (exact) mass is 383 g/mol. The Morgan fingerprint density at radius 2 is 1.57 bits per heavy atom. The molecule has 1 rings (SSSR count). The van der Waals surface area contributed by atoms with Crippen molar-refractivity contribution in [1.82, 2.24) is 0 Å². The molecule has 0 unspecified atom stereocenters. The Morgan fingerprint density at radius 3 is 2.13 bits per heavy atom. The number of phenols is 1. The highest BCUT2D eigenvalue weighted by molar-refractivity contribution is 9.10. The van der Waals surface area contributed by atoms with Crippen LogP contribution < -0.4 is 0 Å². The van der Waals surface area contributed by atoms with Crippen LogP contribution in [0.1, 0.15) is 82.3 Å². The molecule has 0 saturated heterocycles. The lowest BCUT2D eigenvalue weighted by Gasteiger charge is -2.10. The molecular formula is C19H30BrNO2. The minimum absolute atomic E-state index is 0.152. The van der Waals surface area contributed by atoms with Crippen molar-refractivity contribution in [3.05, 3.63) is 27.7 Å². The molecule has 0 spiro atoms. The molecule has 2 N–H and O–H groups in total. The van der Waals surface area contributed by atoms with Crippen LogP contribution in [0.5, 0.6) is 5.75 Å². The molecule has 1 aromatic rings. The molecule has 0 fully saturated rings. The molecule has 130 valence electrons. The molecule has 0 aliphatic carbocycles. The van der Waals surface area contributed by atoms with Crippen LogP contribution in [-0.4, -0.2) is 16.0 Å². The van der Waals surface area contributed by atoms with E-state index in [0.29, 0.717) is 22.2 Å². The van der Waals surface area contributed by atoms with Gasteiger partial charge in [-0.05, 0) is 53.4 Å². The second kappa shape index (κ2) is 11.5. The van der Waals surface area contributed by atoms with E-state index in [1.807, 2.05) is 19.1 Å². The van der Waals surface area contributed by atoms with Crippen molar-refractivity contribution >= 4 is 21.6 Å². The number of benzene rings is 1. The van der Waals surface area contributed by atoms with Crippen LogP contribution in [0.4, 0.5) is 0 Å². The van der Waals surface area contributed by atoms with Gasteiger partial charge in [0.2, 0.25) is 0 Å². The molecule has 23 heavy (non-hydrogen) atoms. The van der Waals surface area contributed by atoms with E-state index in [-0.39, 0.29) is 5.75 Å². The Bertz CT molecular complexity index is 500. The average molecular weight is 384 g/mol. The number of phenolic OH excluding ortho intramolecular Hbond substituents is 1. The quantitative estimate of drug-likeness (QED) is 0.196. The maximum Gasteiger partial charge on any atom is 0.138 e. The molecule has 0 aromatic heterocycles. The predicted octanol–water partition coefficient (Wildman–Crippen LogP) is 6.56. The molecule has 1 aromatic carbocycles. The van der Waals surface area contributed by atoms with E-state index < -0.39 is 0 Å². The third-order valence-corrected chi connectivity index (χ3v) is 4.76. The summed E-state index contributed by atoms with van der Waals surface area (Å²) >= 11 is 3.34. The highest BCUT2D eigenvalue weighted by atomic mass is 79.9. The van der Waals surface area contributed by atoms with Crippen molar-refractivity contribution in [2.24, 2.45) is 5.16 Å². The van der Waals surface area contributed by atoms with Crippen LogP contribution >= 0.6 is 15.9 Å². The van der Waals surface area contributed by atoms with Crippen LogP contribution in [0.25, 0.3) is 0 Å². The molecule has 0 atom stereocenters. The molecule has 3 nitrogen and oxygen atoms in total. The lowest BCUT2D eigenvalue weighted by atomic mass is 10.00.